The number of hydrogen-bond donors (Lipinski definition) is 0. The number of aryl methyl sites for hydroxylation is 2. The van der Waals surface area contributed by atoms with Crippen LogP contribution in [0.15, 0.2) is 34.8 Å². The van der Waals surface area contributed by atoms with E-state index in [-0.39, 0.29) is 0 Å². The molecule has 0 atom stereocenters. The SMILES string of the molecule is CCCCOc1ccc(CCc2ccc(C34CCC(CCC)(CC3)CC4)cc2Br)c(C#N)c1C#N. The topological polar surface area (TPSA) is 56.8 Å². The first-order valence-electron chi connectivity index (χ1n) is 13.4. The second-order valence-electron chi connectivity index (χ2n) is 10.7. The number of nitrogens with zero attached hydrogens (tertiary/aromatic N) is 2. The summed E-state index contributed by atoms with van der Waals surface area (Å²) in [6.45, 7) is 5.00. The Kier molecular flexibility index (Phi) is 8.23. The number of rotatable bonds is 10. The number of hydrogen-bond acceptors (Lipinski definition) is 3. The van der Waals surface area contributed by atoms with Gasteiger partial charge in [0.05, 0.1) is 12.2 Å². The summed E-state index contributed by atoms with van der Waals surface area (Å²) in [5, 5.41) is 19.5. The molecular formula is C31H37BrN2O. The highest BCUT2D eigenvalue weighted by molar-refractivity contribution is 9.10. The second kappa shape index (κ2) is 11.2. The molecule has 0 aliphatic heterocycles. The van der Waals surface area contributed by atoms with Crippen LogP contribution in [0.4, 0.5) is 0 Å². The van der Waals surface area contributed by atoms with Crippen molar-refractivity contribution in [2.24, 2.45) is 5.41 Å². The van der Waals surface area contributed by atoms with Gasteiger partial charge in [0.1, 0.15) is 23.5 Å². The lowest BCUT2D eigenvalue weighted by atomic mass is 9.51. The first kappa shape index (κ1) is 25.8. The van der Waals surface area contributed by atoms with Crippen molar-refractivity contribution in [1.82, 2.24) is 0 Å². The van der Waals surface area contributed by atoms with Gasteiger partial charge < -0.3 is 4.74 Å². The molecule has 0 radical (unpaired) electrons. The molecule has 0 spiro atoms. The van der Waals surface area contributed by atoms with Crippen molar-refractivity contribution in [3.8, 4) is 17.9 Å². The highest BCUT2D eigenvalue weighted by atomic mass is 79.9. The fourth-order valence-electron chi connectivity index (χ4n) is 6.47. The summed E-state index contributed by atoms with van der Waals surface area (Å²) in [7, 11) is 0. The van der Waals surface area contributed by atoms with Gasteiger partial charge in [0.15, 0.2) is 0 Å². The van der Waals surface area contributed by atoms with Crippen LogP contribution >= 0.6 is 15.9 Å². The van der Waals surface area contributed by atoms with Crippen molar-refractivity contribution in [3.63, 3.8) is 0 Å². The lowest BCUT2D eigenvalue weighted by Gasteiger charge is -2.54. The van der Waals surface area contributed by atoms with Crippen LogP contribution in [0.5, 0.6) is 5.75 Å². The highest BCUT2D eigenvalue weighted by Gasteiger charge is 2.48. The van der Waals surface area contributed by atoms with Gasteiger partial charge in [-0.25, -0.2) is 0 Å². The molecule has 5 rings (SSSR count). The van der Waals surface area contributed by atoms with E-state index in [2.05, 4.69) is 60.1 Å². The minimum absolute atomic E-state index is 0.361. The van der Waals surface area contributed by atoms with Crippen LogP contribution in [-0.4, -0.2) is 6.61 Å². The van der Waals surface area contributed by atoms with Crippen LogP contribution < -0.4 is 4.74 Å². The van der Waals surface area contributed by atoms with Gasteiger partial charge in [-0.1, -0.05) is 60.8 Å². The van der Waals surface area contributed by atoms with Crippen LogP contribution in [-0.2, 0) is 18.3 Å². The number of nitriles is 2. The molecule has 0 unspecified atom stereocenters. The van der Waals surface area contributed by atoms with E-state index in [1.165, 1.54) is 67.0 Å². The molecule has 3 saturated carbocycles. The van der Waals surface area contributed by atoms with Crippen LogP contribution in [0.25, 0.3) is 0 Å². The third-order valence-electron chi connectivity index (χ3n) is 8.74. The number of benzene rings is 2. The van der Waals surface area contributed by atoms with Gasteiger partial charge in [-0.2, -0.15) is 10.5 Å². The Labute approximate surface area is 219 Å². The average molecular weight is 534 g/mol. The predicted octanol–water partition coefficient (Wildman–Crippen LogP) is 8.55. The first-order valence-corrected chi connectivity index (χ1v) is 14.2. The van der Waals surface area contributed by atoms with Gasteiger partial charge in [0.2, 0.25) is 0 Å². The van der Waals surface area contributed by atoms with E-state index >= 15 is 0 Å². The summed E-state index contributed by atoms with van der Waals surface area (Å²) in [5.41, 5.74) is 5.47. The van der Waals surface area contributed by atoms with Crippen molar-refractivity contribution >= 4 is 15.9 Å². The highest BCUT2D eigenvalue weighted by Crippen LogP contribution is 2.59. The molecule has 3 nitrogen and oxygen atoms in total. The summed E-state index contributed by atoms with van der Waals surface area (Å²) in [4.78, 5) is 0. The van der Waals surface area contributed by atoms with Crippen LogP contribution in [0.3, 0.4) is 0 Å². The molecule has 0 N–H and O–H groups in total. The third kappa shape index (κ3) is 5.29. The van der Waals surface area contributed by atoms with Gasteiger partial charge in [-0.3, -0.25) is 0 Å². The molecule has 0 amide bonds. The Balaban J connectivity index is 1.47. The van der Waals surface area contributed by atoms with Crippen molar-refractivity contribution in [2.45, 2.75) is 96.3 Å². The lowest BCUT2D eigenvalue weighted by molar-refractivity contribution is 0.0320. The molecule has 2 bridgehead atoms. The quantitative estimate of drug-likeness (QED) is 0.288. The maximum absolute atomic E-state index is 9.80. The largest absolute Gasteiger partial charge is 0.492 e. The molecule has 184 valence electrons. The number of halogens is 1. The molecule has 3 aliphatic rings. The smallest absolute Gasteiger partial charge is 0.138 e. The standard InChI is InChI=1S/C31H37BrN2O/c1-3-5-19-35-29-11-9-23(26(21-33)27(29)22-34)6-7-24-8-10-25(20-28(24)32)31-16-13-30(12-4-2,14-17-31)15-18-31/h8-11,20H,3-7,12-19H2,1-2H3. The van der Waals surface area contributed by atoms with Crippen molar-refractivity contribution in [1.29, 1.82) is 10.5 Å². The Morgan fingerprint density at radius 2 is 1.51 bits per heavy atom. The van der Waals surface area contributed by atoms with Gasteiger partial charge in [-0.05, 0) is 104 Å². The second-order valence-corrected chi connectivity index (χ2v) is 11.6. The minimum Gasteiger partial charge on any atom is -0.492 e. The molecule has 2 aromatic carbocycles. The van der Waals surface area contributed by atoms with Crippen LogP contribution in [0.1, 0.15) is 106 Å². The van der Waals surface area contributed by atoms with Crippen molar-refractivity contribution < 1.29 is 4.74 Å². The Bertz CT molecular complexity index is 1120. The van der Waals surface area contributed by atoms with Gasteiger partial charge in [0, 0.05) is 4.47 Å². The first-order chi connectivity index (χ1) is 17.0. The molecule has 3 fully saturated rings. The van der Waals surface area contributed by atoms with Crippen molar-refractivity contribution in [2.75, 3.05) is 6.61 Å². The third-order valence-corrected chi connectivity index (χ3v) is 9.48. The maximum Gasteiger partial charge on any atom is 0.138 e. The van der Waals surface area contributed by atoms with Gasteiger partial charge in [0.25, 0.3) is 0 Å². The van der Waals surface area contributed by atoms with Crippen LogP contribution in [0.2, 0.25) is 0 Å². The number of fused-ring (bicyclic) bond motifs is 3. The number of unbranched alkanes of at least 4 members (excludes halogenated alkanes) is 1. The van der Waals surface area contributed by atoms with E-state index in [0.29, 0.717) is 34.3 Å². The number of ether oxygens (including phenoxy) is 1. The zero-order valence-corrected chi connectivity index (χ0v) is 22.8. The van der Waals surface area contributed by atoms with E-state index in [0.717, 1.165) is 31.2 Å². The fraction of sp³-hybridized carbons (Fsp3) is 0.548. The van der Waals surface area contributed by atoms with E-state index in [9.17, 15) is 10.5 Å². The van der Waals surface area contributed by atoms with Crippen molar-refractivity contribution in [3.05, 3.63) is 62.6 Å². The van der Waals surface area contributed by atoms with E-state index in [1.807, 2.05) is 12.1 Å². The summed E-state index contributed by atoms with van der Waals surface area (Å²) in [6.07, 6.45) is 14.3. The van der Waals surface area contributed by atoms with E-state index < -0.39 is 0 Å². The fourth-order valence-corrected chi connectivity index (χ4v) is 7.05. The normalized spacial score (nSPS) is 23.0. The van der Waals surface area contributed by atoms with Gasteiger partial charge in [-0.15, -0.1) is 0 Å². The maximum atomic E-state index is 9.80. The molecule has 3 aliphatic carbocycles. The molecule has 0 saturated heterocycles. The summed E-state index contributed by atoms with van der Waals surface area (Å²) in [5.74, 6) is 0.522. The average Bonchev–Trinajstić information content (AvgIpc) is 2.89. The monoisotopic (exact) mass is 532 g/mol. The van der Waals surface area contributed by atoms with Crippen LogP contribution in [0, 0.1) is 28.1 Å². The minimum atomic E-state index is 0.361. The predicted molar refractivity (Wildman–Crippen MR) is 145 cm³/mol. The zero-order chi connectivity index (χ0) is 24.9. The summed E-state index contributed by atoms with van der Waals surface area (Å²) >= 11 is 3.86. The molecular weight excluding hydrogens is 496 g/mol. The Morgan fingerprint density at radius 3 is 2.11 bits per heavy atom. The molecule has 35 heavy (non-hydrogen) atoms. The Morgan fingerprint density at radius 1 is 0.857 bits per heavy atom. The molecule has 0 aromatic heterocycles. The Hall–Kier alpha value is -2.30. The zero-order valence-electron chi connectivity index (χ0n) is 21.3. The van der Waals surface area contributed by atoms with E-state index in [4.69, 9.17) is 4.74 Å². The molecule has 2 aromatic rings. The summed E-state index contributed by atoms with van der Waals surface area (Å²) < 4.78 is 6.95. The summed E-state index contributed by atoms with van der Waals surface area (Å²) in [6, 6.07) is 15.3. The molecule has 0 heterocycles. The van der Waals surface area contributed by atoms with E-state index in [1.54, 1.807) is 0 Å². The lowest BCUT2D eigenvalue weighted by Crippen LogP contribution is -2.44. The molecule has 4 heteroatoms. The van der Waals surface area contributed by atoms with Gasteiger partial charge >= 0.3 is 0 Å².